The summed E-state index contributed by atoms with van der Waals surface area (Å²) >= 11 is 2.78. The van der Waals surface area contributed by atoms with Crippen molar-refractivity contribution in [3.63, 3.8) is 0 Å². The fourth-order valence-corrected chi connectivity index (χ4v) is 1.12. The normalized spacial score (nSPS) is 16.9. The molecular weight excluding hydrogens is 241 g/mol. The molecule has 66 valence electrons. The molecule has 7 heteroatoms. The molecule has 1 rings (SSSR count). The third-order valence-electron chi connectivity index (χ3n) is 1.42. The lowest BCUT2D eigenvalue weighted by molar-refractivity contribution is -0.134. The number of ether oxygens (including phenoxy) is 1. The van der Waals surface area contributed by atoms with Crippen LogP contribution in [0.1, 0.15) is 0 Å². The van der Waals surface area contributed by atoms with Crippen LogP contribution in [0.3, 0.4) is 0 Å². The summed E-state index contributed by atoms with van der Waals surface area (Å²) in [5.41, 5.74) is -0.296. The van der Waals surface area contributed by atoms with E-state index in [0.717, 1.165) is 7.11 Å². The van der Waals surface area contributed by atoms with Crippen LogP contribution in [0.25, 0.3) is 0 Å². The summed E-state index contributed by atoms with van der Waals surface area (Å²) in [5.74, 6) is -1.68. The molecule has 0 unspecified atom stereocenters. The molecule has 13 heavy (non-hydrogen) atoms. The van der Waals surface area contributed by atoms with E-state index in [1.54, 1.807) is 0 Å². The van der Waals surface area contributed by atoms with E-state index < -0.39 is 17.9 Å². The van der Waals surface area contributed by atoms with Gasteiger partial charge in [-0.3, -0.25) is 9.59 Å². The van der Waals surface area contributed by atoms with Gasteiger partial charge in [0, 0.05) is 0 Å². The van der Waals surface area contributed by atoms with Crippen LogP contribution < -0.4 is 0 Å². The van der Waals surface area contributed by atoms with E-state index >= 15 is 0 Å². The van der Waals surface area contributed by atoms with Crippen LogP contribution in [0.4, 0.5) is 4.79 Å². The van der Waals surface area contributed by atoms with E-state index in [-0.39, 0.29) is 9.95 Å². The molecule has 0 aliphatic carbocycles. The molecule has 5 nitrogen and oxygen atoms in total. The molecule has 0 aromatic heterocycles. The van der Waals surface area contributed by atoms with Crippen molar-refractivity contribution in [1.29, 1.82) is 0 Å². The largest absolute Gasteiger partial charge is 0.452 e. The number of nitrogens with zero attached hydrogens (tertiary/aromatic N) is 1. The van der Waals surface area contributed by atoms with Crippen LogP contribution in [-0.4, -0.2) is 37.8 Å². The molecule has 0 aromatic carbocycles. The fraction of sp³-hybridized carbons (Fsp3) is 0.167. The molecule has 3 amide bonds. The van der Waals surface area contributed by atoms with Crippen molar-refractivity contribution in [3.05, 3.63) is 9.95 Å². The number of hydrogen-bond donors (Lipinski definition) is 0. The zero-order valence-corrected chi connectivity index (χ0v) is 8.12. The molecule has 1 aliphatic heterocycles. The minimum Gasteiger partial charge on any atom is -0.452 e. The van der Waals surface area contributed by atoms with Crippen LogP contribution in [0.5, 0.6) is 0 Å². The Morgan fingerprint density at radius 2 is 2.00 bits per heavy atom. The third kappa shape index (κ3) is 1.39. The highest BCUT2D eigenvalue weighted by atomic mass is 79.9. The summed E-state index contributed by atoms with van der Waals surface area (Å²) in [6, 6.07) is 0. The molecule has 0 saturated carbocycles. The topological polar surface area (TPSA) is 63.7 Å². The Labute approximate surface area is 83.2 Å². The number of carbonyl (C=O) groups excluding carboxylic acids is 3. The number of carbonyl (C=O) groups is 3. The summed E-state index contributed by atoms with van der Waals surface area (Å²) in [7, 11) is 6.27. The van der Waals surface area contributed by atoms with E-state index in [4.69, 9.17) is 7.85 Å². The number of rotatable bonds is 0. The Morgan fingerprint density at radius 3 is 2.31 bits per heavy atom. The first-order valence-electron chi connectivity index (χ1n) is 3.12. The Hall–Kier alpha value is -1.11. The molecule has 2 radical (unpaired) electrons. The molecule has 0 atom stereocenters. The average Bonchev–Trinajstić information content (AvgIpc) is 2.30. The molecule has 1 heterocycles. The van der Waals surface area contributed by atoms with Crippen molar-refractivity contribution in [2.45, 2.75) is 0 Å². The molecule has 1 aliphatic rings. The second kappa shape index (κ2) is 3.33. The average molecular weight is 244 g/mol. The van der Waals surface area contributed by atoms with Gasteiger partial charge in [-0.15, -0.1) is 0 Å². The summed E-state index contributed by atoms with van der Waals surface area (Å²) in [5, 5.41) is 0. The zero-order valence-electron chi connectivity index (χ0n) is 6.54. The van der Waals surface area contributed by atoms with Crippen molar-refractivity contribution in [1.82, 2.24) is 4.90 Å². The minimum absolute atomic E-state index is 0.122. The highest BCUT2D eigenvalue weighted by Gasteiger charge is 2.39. The Kier molecular flexibility index (Phi) is 2.56. The second-order valence-electron chi connectivity index (χ2n) is 2.14. The van der Waals surface area contributed by atoms with Crippen molar-refractivity contribution >= 4 is 41.7 Å². The molecule has 0 aromatic rings. The van der Waals surface area contributed by atoms with Crippen LogP contribution >= 0.6 is 15.9 Å². The fourth-order valence-electron chi connectivity index (χ4n) is 0.777. The Morgan fingerprint density at radius 1 is 1.46 bits per heavy atom. The molecule has 0 spiro atoms. The lowest BCUT2D eigenvalue weighted by Crippen LogP contribution is -2.37. The van der Waals surface area contributed by atoms with Crippen LogP contribution in [0.15, 0.2) is 9.95 Å². The highest BCUT2D eigenvalue weighted by molar-refractivity contribution is 9.12. The van der Waals surface area contributed by atoms with Gasteiger partial charge >= 0.3 is 6.09 Å². The van der Waals surface area contributed by atoms with Crippen molar-refractivity contribution in [2.75, 3.05) is 7.11 Å². The number of amides is 3. The van der Waals surface area contributed by atoms with Gasteiger partial charge in [-0.05, 0) is 21.4 Å². The highest BCUT2D eigenvalue weighted by Crippen LogP contribution is 2.23. The van der Waals surface area contributed by atoms with Crippen molar-refractivity contribution in [3.8, 4) is 0 Å². The maximum Gasteiger partial charge on any atom is 0.423 e. The first kappa shape index (κ1) is 9.98. The number of imide groups is 3. The number of methoxy groups -OCH3 is 1. The molecule has 0 N–H and O–H groups in total. The summed E-state index contributed by atoms with van der Waals surface area (Å²) in [4.78, 5) is 33.5. The maximum absolute atomic E-state index is 11.1. The third-order valence-corrected chi connectivity index (χ3v) is 2.18. The van der Waals surface area contributed by atoms with E-state index in [9.17, 15) is 14.4 Å². The predicted molar refractivity (Wildman–Crippen MR) is 46.0 cm³/mol. The first-order chi connectivity index (χ1) is 6.00. The van der Waals surface area contributed by atoms with Crippen LogP contribution in [0.2, 0.25) is 0 Å². The zero-order chi connectivity index (χ0) is 10.2. The van der Waals surface area contributed by atoms with Crippen LogP contribution in [-0.2, 0) is 14.3 Å². The number of halogens is 1. The van der Waals surface area contributed by atoms with Gasteiger partial charge < -0.3 is 4.74 Å². The molecule has 0 bridgehead atoms. The molecular formula is C6H3BBrNO4. The van der Waals surface area contributed by atoms with Crippen molar-refractivity contribution < 1.29 is 19.1 Å². The van der Waals surface area contributed by atoms with Gasteiger partial charge in [0.2, 0.25) is 0 Å². The van der Waals surface area contributed by atoms with Gasteiger partial charge in [-0.2, -0.15) is 4.90 Å². The Balaban J connectivity index is 3.04. The minimum atomic E-state index is -1.05. The van der Waals surface area contributed by atoms with Crippen LogP contribution in [0, 0.1) is 0 Å². The first-order valence-corrected chi connectivity index (χ1v) is 3.92. The van der Waals surface area contributed by atoms with E-state index in [1.165, 1.54) is 0 Å². The standard InChI is InChI=1S/C6H3BBrNO4/c1-13-6(12)9-4(10)2(7)3(8)5(9)11/h1H3. The lowest BCUT2D eigenvalue weighted by atomic mass is 9.96. The smallest absolute Gasteiger partial charge is 0.423 e. The van der Waals surface area contributed by atoms with Gasteiger partial charge in [0.05, 0.1) is 11.6 Å². The predicted octanol–water partition coefficient (Wildman–Crippen LogP) is -0.103. The second-order valence-corrected chi connectivity index (χ2v) is 2.94. The summed E-state index contributed by atoms with van der Waals surface area (Å²) in [6.07, 6.45) is -1.05. The number of hydrogen-bond acceptors (Lipinski definition) is 4. The quantitative estimate of drug-likeness (QED) is 0.440. The van der Waals surface area contributed by atoms with E-state index in [1.807, 2.05) is 0 Å². The van der Waals surface area contributed by atoms with Gasteiger partial charge in [-0.25, -0.2) is 4.79 Å². The summed E-state index contributed by atoms with van der Waals surface area (Å²) in [6.45, 7) is 0. The summed E-state index contributed by atoms with van der Waals surface area (Å²) < 4.78 is 4.09. The van der Waals surface area contributed by atoms with Crippen molar-refractivity contribution in [2.24, 2.45) is 0 Å². The molecule has 0 fully saturated rings. The lowest BCUT2D eigenvalue weighted by Gasteiger charge is -2.09. The maximum atomic E-state index is 11.1. The van der Waals surface area contributed by atoms with Gasteiger partial charge in [0.1, 0.15) is 7.85 Å². The monoisotopic (exact) mass is 243 g/mol. The van der Waals surface area contributed by atoms with E-state index in [2.05, 4.69) is 20.7 Å². The molecule has 0 saturated heterocycles. The van der Waals surface area contributed by atoms with E-state index in [0.29, 0.717) is 4.90 Å². The SMILES string of the molecule is [B]C1=C(Br)C(=O)N(C(=O)OC)C1=O. The van der Waals surface area contributed by atoms with Gasteiger partial charge in [-0.1, -0.05) is 0 Å². The van der Waals surface area contributed by atoms with Gasteiger partial charge in [0.15, 0.2) is 0 Å². The Bertz CT molecular complexity index is 314. The van der Waals surface area contributed by atoms with Gasteiger partial charge in [0.25, 0.3) is 11.8 Å².